The first-order valence-electron chi connectivity index (χ1n) is 6.99. The van der Waals surface area contributed by atoms with Crippen LogP contribution in [0.15, 0.2) is 18.2 Å². The first-order chi connectivity index (χ1) is 10.1. The topological polar surface area (TPSA) is 93.7 Å². The quantitative estimate of drug-likeness (QED) is 0.557. The molecule has 3 rings (SSSR count). The summed E-state index contributed by atoms with van der Waals surface area (Å²) in [5.41, 5.74) is 1.93. The third kappa shape index (κ3) is 2.98. The van der Waals surface area contributed by atoms with E-state index in [1.807, 2.05) is 0 Å². The van der Waals surface area contributed by atoms with Crippen LogP contribution in [-0.4, -0.2) is 60.6 Å². The average Bonchev–Trinajstić information content (AvgIpc) is 2.70. The Kier molecular flexibility index (Phi) is 3.76. The number of anilines is 2. The van der Waals surface area contributed by atoms with Crippen molar-refractivity contribution in [1.82, 2.24) is 10.2 Å². The highest BCUT2D eigenvalue weighted by atomic mass is 16.3. The minimum atomic E-state index is -0.560. The molecule has 112 valence electrons. The van der Waals surface area contributed by atoms with Gasteiger partial charge in [0.1, 0.15) is 0 Å². The third-order valence-electron chi connectivity index (χ3n) is 3.64. The number of carbonyl (C=O) groups excluding carboxylic acids is 2. The molecule has 0 bridgehead atoms. The number of hydrogen-bond donors (Lipinski definition) is 4. The van der Waals surface area contributed by atoms with Crippen molar-refractivity contribution in [3.8, 4) is 0 Å². The van der Waals surface area contributed by atoms with Gasteiger partial charge in [-0.1, -0.05) is 0 Å². The van der Waals surface area contributed by atoms with E-state index in [1.165, 1.54) is 0 Å². The highest BCUT2D eigenvalue weighted by Gasteiger charge is 2.23. The van der Waals surface area contributed by atoms with Crippen LogP contribution in [0.2, 0.25) is 0 Å². The van der Waals surface area contributed by atoms with Gasteiger partial charge >= 0.3 is 0 Å². The summed E-state index contributed by atoms with van der Waals surface area (Å²) < 4.78 is 0. The second-order valence-electron chi connectivity index (χ2n) is 5.27. The fourth-order valence-corrected chi connectivity index (χ4v) is 2.56. The van der Waals surface area contributed by atoms with Crippen LogP contribution in [0.25, 0.3) is 0 Å². The highest BCUT2D eigenvalue weighted by Crippen LogP contribution is 2.26. The van der Waals surface area contributed by atoms with Crippen LogP contribution >= 0.6 is 0 Å². The molecule has 1 atom stereocenters. The maximum Gasteiger partial charge on any atom is 0.254 e. The summed E-state index contributed by atoms with van der Waals surface area (Å²) in [6.45, 7) is 2.26. The molecule has 0 unspecified atom stereocenters. The summed E-state index contributed by atoms with van der Waals surface area (Å²) in [4.78, 5) is 25.5. The Balaban J connectivity index is 1.81. The summed E-state index contributed by atoms with van der Waals surface area (Å²) in [5, 5.41) is 18.6. The Labute approximate surface area is 122 Å². The van der Waals surface area contributed by atoms with E-state index in [0.717, 1.165) is 5.69 Å². The van der Waals surface area contributed by atoms with Crippen LogP contribution in [0.1, 0.15) is 10.4 Å². The zero-order valence-electron chi connectivity index (χ0n) is 11.6. The molecular formula is C14H18N4O3. The summed E-state index contributed by atoms with van der Waals surface area (Å²) in [7, 11) is 0. The number of nitrogens with zero attached hydrogens (tertiary/aromatic N) is 1. The Morgan fingerprint density at radius 3 is 3.05 bits per heavy atom. The predicted octanol–water partition coefficient (Wildman–Crippen LogP) is -0.543. The first-order valence-corrected chi connectivity index (χ1v) is 6.99. The van der Waals surface area contributed by atoms with Gasteiger partial charge in [-0.05, 0) is 18.2 Å². The van der Waals surface area contributed by atoms with E-state index < -0.39 is 6.10 Å². The molecule has 21 heavy (non-hydrogen) atoms. The number of aliphatic hydroxyl groups excluding tert-OH is 1. The van der Waals surface area contributed by atoms with Crippen molar-refractivity contribution >= 4 is 23.2 Å². The molecule has 2 aliphatic rings. The van der Waals surface area contributed by atoms with Gasteiger partial charge in [-0.2, -0.15) is 0 Å². The fraction of sp³-hybridized carbons (Fsp3) is 0.429. The molecule has 0 saturated carbocycles. The summed E-state index contributed by atoms with van der Waals surface area (Å²) in [6.07, 6.45) is -0.560. The predicted molar refractivity (Wildman–Crippen MR) is 78.3 cm³/mol. The number of amides is 2. The lowest BCUT2D eigenvalue weighted by molar-refractivity contribution is -0.114. The highest BCUT2D eigenvalue weighted by molar-refractivity contribution is 6.03. The van der Waals surface area contributed by atoms with Crippen LogP contribution in [0.5, 0.6) is 0 Å². The van der Waals surface area contributed by atoms with Crippen molar-refractivity contribution in [2.75, 3.05) is 43.4 Å². The molecule has 0 spiro atoms. The van der Waals surface area contributed by atoms with Crippen LogP contribution in [0, 0.1) is 0 Å². The molecule has 2 amide bonds. The molecule has 7 nitrogen and oxygen atoms in total. The van der Waals surface area contributed by atoms with Crippen molar-refractivity contribution in [1.29, 1.82) is 0 Å². The molecule has 4 N–H and O–H groups in total. The maximum absolute atomic E-state index is 12.5. The molecule has 0 aliphatic carbocycles. The monoisotopic (exact) mass is 290 g/mol. The summed E-state index contributed by atoms with van der Waals surface area (Å²) in [6, 6.07) is 5.19. The van der Waals surface area contributed by atoms with Crippen molar-refractivity contribution in [3.05, 3.63) is 23.8 Å². The van der Waals surface area contributed by atoms with Crippen molar-refractivity contribution in [3.63, 3.8) is 0 Å². The lowest BCUT2D eigenvalue weighted by Crippen LogP contribution is -2.37. The summed E-state index contributed by atoms with van der Waals surface area (Å²) in [5.74, 6) is -0.262. The molecule has 1 saturated heterocycles. The molecule has 2 heterocycles. The molecule has 1 fully saturated rings. The van der Waals surface area contributed by atoms with Crippen molar-refractivity contribution in [2.45, 2.75) is 6.10 Å². The van der Waals surface area contributed by atoms with Crippen molar-refractivity contribution < 1.29 is 14.7 Å². The number of fused-ring (bicyclic) bond motifs is 1. The number of β-amino-alcohol motifs (C(OH)–C–C–N with tert-alkyl or cyclic N) is 1. The Bertz CT molecular complexity index is 575. The lowest BCUT2D eigenvalue weighted by Gasteiger charge is -2.23. The minimum Gasteiger partial charge on any atom is -0.390 e. The molecule has 1 aromatic rings. The van der Waals surface area contributed by atoms with Crippen LogP contribution in [-0.2, 0) is 4.79 Å². The molecule has 0 radical (unpaired) electrons. The van der Waals surface area contributed by atoms with Crippen LogP contribution in [0.3, 0.4) is 0 Å². The van der Waals surface area contributed by atoms with Crippen molar-refractivity contribution in [2.24, 2.45) is 0 Å². The zero-order valence-corrected chi connectivity index (χ0v) is 11.6. The molecule has 7 heteroatoms. The SMILES string of the molecule is O=C1CNc2ccc(C(=O)N3CCNC[C@@H](O)C3)cc2N1. The number of nitrogens with one attached hydrogen (secondary N) is 3. The zero-order chi connectivity index (χ0) is 14.8. The normalized spacial score (nSPS) is 21.9. The second-order valence-corrected chi connectivity index (χ2v) is 5.27. The van der Waals surface area contributed by atoms with Gasteiger partial charge in [-0.25, -0.2) is 0 Å². The van der Waals surface area contributed by atoms with Gasteiger partial charge in [0.2, 0.25) is 5.91 Å². The van der Waals surface area contributed by atoms with Gasteiger partial charge in [-0.3, -0.25) is 9.59 Å². The van der Waals surface area contributed by atoms with E-state index in [9.17, 15) is 14.7 Å². The second kappa shape index (κ2) is 5.71. The van der Waals surface area contributed by atoms with E-state index in [2.05, 4.69) is 16.0 Å². The van der Waals surface area contributed by atoms with E-state index in [-0.39, 0.29) is 18.4 Å². The third-order valence-corrected chi connectivity index (χ3v) is 3.64. The van der Waals surface area contributed by atoms with E-state index in [4.69, 9.17) is 0 Å². The number of hydrogen-bond acceptors (Lipinski definition) is 5. The Morgan fingerprint density at radius 2 is 2.19 bits per heavy atom. The summed E-state index contributed by atoms with van der Waals surface area (Å²) >= 11 is 0. The number of carbonyl (C=O) groups is 2. The van der Waals surface area contributed by atoms with E-state index in [0.29, 0.717) is 37.4 Å². The maximum atomic E-state index is 12.5. The fourth-order valence-electron chi connectivity index (χ4n) is 2.56. The molecule has 0 aromatic heterocycles. The largest absolute Gasteiger partial charge is 0.390 e. The molecule has 1 aromatic carbocycles. The minimum absolute atomic E-state index is 0.124. The van der Waals surface area contributed by atoms with E-state index >= 15 is 0 Å². The van der Waals surface area contributed by atoms with E-state index in [1.54, 1.807) is 23.1 Å². The number of benzene rings is 1. The van der Waals surface area contributed by atoms with Gasteiger partial charge in [0.05, 0.1) is 24.0 Å². The first kappa shape index (κ1) is 13.8. The molecule has 2 aliphatic heterocycles. The van der Waals surface area contributed by atoms with Gasteiger partial charge in [0.25, 0.3) is 5.91 Å². The van der Waals surface area contributed by atoms with Gasteiger partial charge in [0.15, 0.2) is 0 Å². The standard InChI is InChI=1S/C14H18N4O3/c19-10-6-15-3-4-18(8-10)14(21)9-1-2-11-12(5-9)17-13(20)7-16-11/h1-2,5,10,15-16,19H,3-4,6-8H2,(H,17,20)/t10-/m1/s1. The smallest absolute Gasteiger partial charge is 0.254 e. The number of aliphatic hydroxyl groups is 1. The average molecular weight is 290 g/mol. The van der Waals surface area contributed by atoms with Gasteiger partial charge < -0.3 is 26.0 Å². The molecular weight excluding hydrogens is 272 g/mol. The lowest BCUT2D eigenvalue weighted by atomic mass is 10.1. The van der Waals surface area contributed by atoms with Crippen LogP contribution < -0.4 is 16.0 Å². The Hall–Kier alpha value is -2.12. The number of rotatable bonds is 1. The van der Waals surface area contributed by atoms with Crippen LogP contribution in [0.4, 0.5) is 11.4 Å². The van der Waals surface area contributed by atoms with Gasteiger partial charge in [0, 0.05) is 31.7 Å². The Morgan fingerprint density at radius 1 is 1.33 bits per heavy atom. The van der Waals surface area contributed by atoms with Gasteiger partial charge in [-0.15, -0.1) is 0 Å².